The molecule has 1 heterocycles. The van der Waals surface area contributed by atoms with E-state index in [4.69, 9.17) is 0 Å². The van der Waals surface area contributed by atoms with Gasteiger partial charge in [-0.3, -0.25) is 0 Å². The number of rotatable bonds is 3. The molecule has 0 aromatic carbocycles. The van der Waals surface area contributed by atoms with Crippen molar-refractivity contribution in [1.29, 1.82) is 0 Å². The van der Waals surface area contributed by atoms with Gasteiger partial charge in [0.1, 0.15) is 0 Å². The Morgan fingerprint density at radius 3 is 2.64 bits per heavy atom. The fourth-order valence-corrected chi connectivity index (χ4v) is 1.18. The van der Waals surface area contributed by atoms with Crippen LogP contribution in [0.5, 0.6) is 0 Å². The van der Waals surface area contributed by atoms with Crippen molar-refractivity contribution in [3.05, 3.63) is 0 Å². The molecule has 2 nitrogen and oxygen atoms in total. The molecule has 2 N–H and O–H groups in total. The van der Waals surface area contributed by atoms with Gasteiger partial charge in [0.25, 0.3) is 0 Å². The summed E-state index contributed by atoms with van der Waals surface area (Å²) in [7, 11) is 0. The van der Waals surface area contributed by atoms with Crippen molar-refractivity contribution in [2.75, 3.05) is 19.6 Å². The monoisotopic (exact) mass is 158 g/mol. The van der Waals surface area contributed by atoms with Crippen molar-refractivity contribution in [3.8, 4) is 0 Å². The third-order valence-electron chi connectivity index (χ3n) is 1.74. The first-order valence-corrected chi connectivity index (χ1v) is 4.87. The first-order valence-electron chi connectivity index (χ1n) is 4.87. The zero-order valence-corrected chi connectivity index (χ0v) is 8.11. The van der Waals surface area contributed by atoms with Crippen LogP contribution >= 0.6 is 0 Å². The van der Waals surface area contributed by atoms with Crippen LogP contribution in [-0.2, 0) is 0 Å². The number of hydrogen-bond acceptors (Lipinski definition) is 2. The first-order chi connectivity index (χ1) is 5.43. The highest BCUT2D eigenvalue weighted by Gasteiger charge is 2.11. The molecule has 11 heavy (non-hydrogen) atoms. The minimum Gasteiger partial charge on any atom is -0.315 e. The van der Waals surface area contributed by atoms with Gasteiger partial charge in [0.05, 0.1) is 0 Å². The highest BCUT2D eigenvalue weighted by atomic mass is 15.0. The zero-order chi connectivity index (χ0) is 8.53. The third kappa shape index (κ3) is 5.22. The van der Waals surface area contributed by atoms with Crippen LogP contribution in [0.2, 0.25) is 0 Å². The molecular weight excluding hydrogens is 136 g/mol. The van der Waals surface area contributed by atoms with Crippen LogP contribution in [0.25, 0.3) is 0 Å². The molecule has 1 saturated heterocycles. The lowest BCUT2D eigenvalue weighted by Gasteiger charge is -2.08. The van der Waals surface area contributed by atoms with Crippen molar-refractivity contribution < 1.29 is 0 Å². The molecule has 1 atom stereocenters. The van der Waals surface area contributed by atoms with Gasteiger partial charge in [-0.05, 0) is 25.9 Å². The van der Waals surface area contributed by atoms with E-state index in [1.165, 1.54) is 32.5 Å². The lowest BCUT2D eigenvalue weighted by Crippen LogP contribution is -2.31. The van der Waals surface area contributed by atoms with Crippen LogP contribution in [0, 0.1) is 0 Å². The maximum absolute atomic E-state index is 3.47. The maximum Gasteiger partial charge on any atom is 0.0204 e. The van der Waals surface area contributed by atoms with Crippen molar-refractivity contribution in [2.45, 2.75) is 39.7 Å². The molecule has 0 aromatic rings. The van der Waals surface area contributed by atoms with Gasteiger partial charge >= 0.3 is 0 Å². The standard InChI is InChI=1S/C7H16N2.C2H6/c1-2-4-9-7-3-5-8-6-7;1-2/h7-9H,2-6H2,1H3;1-2H3. The van der Waals surface area contributed by atoms with Crippen LogP contribution in [0.3, 0.4) is 0 Å². The third-order valence-corrected chi connectivity index (χ3v) is 1.74. The fourth-order valence-electron chi connectivity index (χ4n) is 1.18. The Labute approximate surface area is 70.8 Å². The molecule has 68 valence electrons. The van der Waals surface area contributed by atoms with Crippen molar-refractivity contribution in [3.63, 3.8) is 0 Å². The summed E-state index contributed by atoms with van der Waals surface area (Å²) < 4.78 is 0. The molecule has 2 heteroatoms. The lowest BCUT2D eigenvalue weighted by molar-refractivity contribution is 0.545. The number of hydrogen-bond donors (Lipinski definition) is 2. The summed E-state index contributed by atoms with van der Waals surface area (Å²) in [5.74, 6) is 0. The summed E-state index contributed by atoms with van der Waals surface area (Å²) in [6.45, 7) is 9.74. The highest BCUT2D eigenvalue weighted by Crippen LogP contribution is 1.95. The Morgan fingerprint density at radius 2 is 2.18 bits per heavy atom. The minimum atomic E-state index is 0.755. The highest BCUT2D eigenvalue weighted by molar-refractivity contribution is 4.76. The van der Waals surface area contributed by atoms with Gasteiger partial charge in [-0.2, -0.15) is 0 Å². The van der Waals surface area contributed by atoms with Gasteiger partial charge in [0, 0.05) is 12.6 Å². The Hall–Kier alpha value is -0.0800. The summed E-state index contributed by atoms with van der Waals surface area (Å²) in [5, 5.41) is 6.79. The van der Waals surface area contributed by atoms with Crippen LogP contribution < -0.4 is 10.6 Å². The molecular formula is C9H22N2. The van der Waals surface area contributed by atoms with Crippen LogP contribution in [0.1, 0.15) is 33.6 Å². The van der Waals surface area contributed by atoms with E-state index in [0.29, 0.717) is 0 Å². The average Bonchev–Trinajstić information content (AvgIpc) is 2.57. The summed E-state index contributed by atoms with van der Waals surface area (Å²) in [5.41, 5.74) is 0. The van der Waals surface area contributed by atoms with Crippen molar-refractivity contribution in [2.24, 2.45) is 0 Å². The number of nitrogens with one attached hydrogen (secondary N) is 2. The van der Waals surface area contributed by atoms with Gasteiger partial charge in [-0.25, -0.2) is 0 Å². The predicted molar refractivity (Wildman–Crippen MR) is 50.9 cm³/mol. The Balaban J connectivity index is 0.000000461. The quantitative estimate of drug-likeness (QED) is 0.648. The topological polar surface area (TPSA) is 24.1 Å². The Morgan fingerprint density at radius 1 is 1.45 bits per heavy atom. The first kappa shape index (κ1) is 10.9. The SMILES string of the molecule is CC.CCCNC1CCNC1. The van der Waals surface area contributed by atoms with Gasteiger partial charge in [0.15, 0.2) is 0 Å². The van der Waals surface area contributed by atoms with Crippen LogP contribution in [-0.4, -0.2) is 25.7 Å². The Kier molecular flexibility index (Phi) is 7.96. The minimum absolute atomic E-state index is 0.755. The van der Waals surface area contributed by atoms with E-state index in [0.717, 1.165) is 6.04 Å². The summed E-state index contributed by atoms with van der Waals surface area (Å²) in [4.78, 5) is 0. The molecule has 0 bridgehead atoms. The molecule has 0 saturated carbocycles. The summed E-state index contributed by atoms with van der Waals surface area (Å²) >= 11 is 0. The predicted octanol–water partition coefficient (Wildman–Crippen LogP) is 1.37. The van der Waals surface area contributed by atoms with E-state index >= 15 is 0 Å². The second-order valence-electron chi connectivity index (χ2n) is 2.64. The summed E-state index contributed by atoms with van der Waals surface area (Å²) in [6.07, 6.45) is 2.55. The van der Waals surface area contributed by atoms with Crippen molar-refractivity contribution >= 4 is 0 Å². The molecule has 0 aromatic heterocycles. The average molecular weight is 158 g/mol. The van der Waals surface area contributed by atoms with E-state index in [1.54, 1.807) is 0 Å². The second-order valence-corrected chi connectivity index (χ2v) is 2.64. The van der Waals surface area contributed by atoms with Gasteiger partial charge < -0.3 is 10.6 Å². The van der Waals surface area contributed by atoms with E-state index in [9.17, 15) is 0 Å². The molecule has 1 fully saturated rings. The lowest BCUT2D eigenvalue weighted by atomic mass is 10.2. The van der Waals surface area contributed by atoms with Crippen LogP contribution in [0.15, 0.2) is 0 Å². The maximum atomic E-state index is 3.47. The molecule has 1 aliphatic rings. The molecule has 0 radical (unpaired) electrons. The van der Waals surface area contributed by atoms with E-state index in [-0.39, 0.29) is 0 Å². The van der Waals surface area contributed by atoms with Gasteiger partial charge in [0.2, 0.25) is 0 Å². The smallest absolute Gasteiger partial charge is 0.0204 e. The van der Waals surface area contributed by atoms with E-state index in [2.05, 4.69) is 17.6 Å². The van der Waals surface area contributed by atoms with Crippen LogP contribution in [0.4, 0.5) is 0 Å². The second kappa shape index (κ2) is 8.02. The Bertz CT molecular complexity index is 68.0. The van der Waals surface area contributed by atoms with Gasteiger partial charge in [-0.1, -0.05) is 20.8 Å². The normalized spacial score (nSPS) is 22.6. The largest absolute Gasteiger partial charge is 0.315 e. The zero-order valence-electron chi connectivity index (χ0n) is 8.11. The molecule has 0 spiro atoms. The fraction of sp³-hybridized carbons (Fsp3) is 1.00. The molecule has 1 rings (SSSR count). The molecule has 1 aliphatic heterocycles. The summed E-state index contributed by atoms with van der Waals surface area (Å²) in [6, 6.07) is 0.755. The molecule has 0 aliphatic carbocycles. The molecule has 1 unspecified atom stereocenters. The van der Waals surface area contributed by atoms with Crippen molar-refractivity contribution in [1.82, 2.24) is 10.6 Å². The van der Waals surface area contributed by atoms with Gasteiger partial charge in [-0.15, -0.1) is 0 Å². The van der Waals surface area contributed by atoms with E-state index in [1.807, 2.05) is 13.8 Å². The van der Waals surface area contributed by atoms with E-state index < -0.39 is 0 Å². The molecule has 0 amide bonds.